The fourth-order valence-electron chi connectivity index (χ4n) is 0.914. The van der Waals surface area contributed by atoms with Crippen LogP contribution in [0.3, 0.4) is 0 Å². The second-order valence-electron chi connectivity index (χ2n) is 3.29. The van der Waals surface area contributed by atoms with Crippen molar-refractivity contribution in [1.29, 1.82) is 0 Å². The topological polar surface area (TPSA) is 58.0 Å². The summed E-state index contributed by atoms with van der Waals surface area (Å²) < 4.78 is 0. The van der Waals surface area contributed by atoms with Crippen LogP contribution in [0.5, 0.6) is 0 Å². The molecular formula is C9H15N3O. The molecule has 0 fully saturated rings. The summed E-state index contributed by atoms with van der Waals surface area (Å²) >= 11 is 0. The third-order valence-electron chi connectivity index (χ3n) is 2.14. The Morgan fingerprint density at radius 2 is 2.38 bits per heavy atom. The van der Waals surface area contributed by atoms with Crippen molar-refractivity contribution in [2.45, 2.75) is 25.8 Å². The number of anilines is 1. The first kappa shape index (κ1) is 9.92. The number of aliphatic hydroxyl groups is 1. The van der Waals surface area contributed by atoms with Gasteiger partial charge in [-0.15, -0.1) is 0 Å². The van der Waals surface area contributed by atoms with Crippen LogP contribution in [-0.2, 0) is 0 Å². The predicted molar refractivity (Wildman–Crippen MR) is 51.4 cm³/mol. The summed E-state index contributed by atoms with van der Waals surface area (Å²) in [6.45, 7) is 4.06. The molecule has 0 saturated carbocycles. The molecule has 0 aliphatic rings. The molecule has 72 valence electrons. The van der Waals surface area contributed by atoms with E-state index in [2.05, 4.69) is 15.3 Å². The number of rotatable bonds is 4. The van der Waals surface area contributed by atoms with Crippen LogP contribution in [0, 0.1) is 0 Å². The molecule has 0 aliphatic heterocycles. The second kappa shape index (κ2) is 4.18. The maximum Gasteiger partial charge on any atom is 0.129 e. The van der Waals surface area contributed by atoms with Gasteiger partial charge < -0.3 is 10.4 Å². The molecule has 4 nitrogen and oxygen atoms in total. The summed E-state index contributed by atoms with van der Waals surface area (Å²) in [5.74, 6) is 0.744. The predicted octanol–water partition coefficient (Wildman–Crippen LogP) is 1.05. The Kier molecular flexibility index (Phi) is 3.19. The standard InChI is InChI=1S/C9H15N3O/c1-3-9(2,6-13)12-8-4-5-10-7-11-8/h4-5,7,13H,3,6H2,1-2H3,(H,10,11,12). The highest BCUT2D eigenvalue weighted by Crippen LogP contribution is 2.14. The first-order valence-electron chi connectivity index (χ1n) is 4.35. The molecule has 0 bridgehead atoms. The molecule has 0 amide bonds. The first-order valence-corrected chi connectivity index (χ1v) is 4.35. The molecule has 0 radical (unpaired) electrons. The fourth-order valence-corrected chi connectivity index (χ4v) is 0.914. The molecule has 2 N–H and O–H groups in total. The summed E-state index contributed by atoms with van der Waals surface area (Å²) in [5.41, 5.74) is -0.297. The number of hydrogen-bond acceptors (Lipinski definition) is 4. The fraction of sp³-hybridized carbons (Fsp3) is 0.556. The van der Waals surface area contributed by atoms with Crippen LogP contribution in [-0.4, -0.2) is 27.2 Å². The highest BCUT2D eigenvalue weighted by Gasteiger charge is 2.20. The summed E-state index contributed by atoms with van der Waals surface area (Å²) in [6, 6.07) is 1.78. The average Bonchev–Trinajstić information content (AvgIpc) is 2.19. The van der Waals surface area contributed by atoms with Gasteiger partial charge in [-0.2, -0.15) is 0 Å². The zero-order valence-corrected chi connectivity index (χ0v) is 7.99. The Morgan fingerprint density at radius 1 is 1.62 bits per heavy atom. The van der Waals surface area contributed by atoms with E-state index in [4.69, 9.17) is 5.11 Å². The molecule has 1 atom stereocenters. The second-order valence-corrected chi connectivity index (χ2v) is 3.29. The summed E-state index contributed by atoms with van der Waals surface area (Å²) in [5, 5.41) is 12.3. The number of nitrogens with zero attached hydrogens (tertiary/aromatic N) is 2. The van der Waals surface area contributed by atoms with Crippen LogP contribution in [0.15, 0.2) is 18.6 Å². The monoisotopic (exact) mass is 181 g/mol. The van der Waals surface area contributed by atoms with Crippen molar-refractivity contribution in [3.8, 4) is 0 Å². The van der Waals surface area contributed by atoms with E-state index >= 15 is 0 Å². The lowest BCUT2D eigenvalue weighted by atomic mass is 10.0. The van der Waals surface area contributed by atoms with E-state index in [-0.39, 0.29) is 12.1 Å². The first-order chi connectivity index (χ1) is 6.20. The Balaban J connectivity index is 2.68. The van der Waals surface area contributed by atoms with Crippen molar-refractivity contribution >= 4 is 5.82 Å². The van der Waals surface area contributed by atoms with Crippen molar-refractivity contribution in [3.63, 3.8) is 0 Å². The Hall–Kier alpha value is -1.16. The SMILES string of the molecule is CCC(C)(CO)Nc1ccncn1. The highest BCUT2D eigenvalue weighted by atomic mass is 16.3. The van der Waals surface area contributed by atoms with E-state index in [1.165, 1.54) is 6.33 Å². The molecule has 1 aromatic rings. The zero-order chi connectivity index (χ0) is 9.73. The molecule has 1 aromatic heterocycles. The van der Waals surface area contributed by atoms with Crippen LogP contribution in [0.2, 0.25) is 0 Å². The van der Waals surface area contributed by atoms with Crippen LogP contribution in [0.25, 0.3) is 0 Å². The number of aliphatic hydroxyl groups excluding tert-OH is 1. The Morgan fingerprint density at radius 3 is 2.85 bits per heavy atom. The van der Waals surface area contributed by atoms with E-state index in [0.717, 1.165) is 12.2 Å². The van der Waals surface area contributed by atoms with Crippen molar-refractivity contribution < 1.29 is 5.11 Å². The third kappa shape index (κ3) is 2.66. The molecular weight excluding hydrogens is 166 g/mol. The average molecular weight is 181 g/mol. The normalized spacial score (nSPS) is 15.0. The Labute approximate surface area is 78.0 Å². The van der Waals surface area contributed by atoms with Crippen LogP contribution < -0.4 is 5.32 Å². The van der Waals surface area contributed by atoms with Crippen LogP contribution in [0.1, 0.15) is 20.3 Å². The molecule has 4 heteroatoms. The smallest absolute Gasteiger partial charge is 0.129 e. The van der Waals surface area contributed by atoms with Crippen LogP contribution >= 0.6 is 0 Å². The van der Waals surface area contributed by atoms with Crippen LogP contribution in [0.4, 0.5) is 5.82 Å². The quantitative estimate of drug-likeness (QED) is 0.729. The molecule has 1 rings (SSSR count). The number of nitrogens with one attached hydrogen (secondary N) is 1. The maximum absolute atomic E-state index is 9.14. The largest absolute Gasteiger partial charge is 0.394 e. The summed E-state index contributed by atoms with van der Waals surface area (Å²) in [6.07, 6.45) is 3.99. The van der Waals surface area contributed by atoms with E-state index in [9.17, 15) is 0 Å². The van der Waals surface area contributed by atoms with E-state index < -0.39 is 0 Å². The Bertz CT molecular complexity index is 246. The molecule has 1 heterocycles. The summed E-state index contributed by atoms with van der Waals surface area (Å²) in [4.78, 5) is 7.84. The molecule has 0 aliphatic carbocycles. The van der Waals surface area contributed by atoms with Gasteiger partial charge >= 0.3 is 0 Å². The zero-order valence-electron chi connectivity index (χ0n) is 7.99. The molecule has 0 saturated heterocycles. The van der Waals surface area contributed by atoms with Crippen molar-refractivity contribution in [1.82, 2.24) is 9.97 Å². The maximum atomic E-state index is 9.14. The van der Waals surface area contributed by atoms with E-state index in [1.807, 2.05) is 13.8 Å². The van der Waals surface area contributed by atoms with Crippen molar-refractivity contribution in [2.24, 2.45) is 0 Å². The van der Waals surface area contributed by atoms with Gasteiger partial charge in [0.15, 0.2) is 0 Å². The molecule has 0 spiro atoms. The van der Waals surface area contributed by atoms with Gasteiger partial charge in [-0.3, -0.25) is 0 Å². The van der Waals surface area contributed by atoms with Gasteiger partial charge in [0.25, 0.3) is 0 Å². The summed E-state index contributed by atoms with van der Waals surface area (Å²) in [7, 11) is 0. The molecule has 1 unspecified atom stereocenters. The van der Waals surface area contributed by atoms with Gasteiger partial charge in [-0.05, 0) is 19.4 Å². The minimum Gasteiger partial charge on any atom is -0.394 e. The van der Waals surface area contributed by atoms with Gasteiger partial charge in [0.1, 0.15) is 12.1 Å². The highest BCUT2D eigenvalue weighted by molar-refractivity contribution is 5.35. The van der Waals surface area contributed by atoms with Gasteiger partial charge in [0.05, 0.1) is 12.1 Å². The lowest BCUT2D eigenvalue weighted by Crippen LogP contribution is -2.38. The number of hydrogen-bond donors (Lipinski definition) is 2. The van der Waals surface area contributed by atoms with Gasteiger partial charge in [0.2, 0.25) is 0 Å². The van der Waals surface area contributed by atoms with Gasteiger partial charge in [-0.1, -0.05) is 6.92 Å². The minimum absolute atomic E-state index is 0.0908. The number of aromatic nitrogens is 2. The van der Waals surface area contributed by atoms with Crippen molar-refractivity contribution in [2.75, 3.05) is 11.9 Å². The van der Waals surface area contributed by atoms with Crippen molar-refractivity contribution in [3.05, 3.63) is 18.6 Å². The van der Waals surface area contributed by atoms with E-state index in [0.29, 0.717) is 0 Å². The minimum atomic E-state index is -0.297. The van der Waals surface area contributed by atoms with Gasteiger partial charge in [0, 0.05) is 6.20 Å². The molecule has 0 aromatic carbocycles. The van der Waals surface area contributed by atoms with Gasteiger partial charge in [-0.25, -0.2) is 9.97 Å². The third-order valence-corrected chi connectivity index (χ3v) is 2.14. The molecule has 13 heavy (non-hydrogen) atoms. The lowest BCUT2D eigenvalue weighted by molar-refractivity contribution is 0.218. The van der Waals surface area contributed by atoms with E-state index in [1.54, 1.807) is 12.3 Å². The lowest BCUT2D eigenvalue weighted by Gasteiger charge is -2.27.